The number of nitro benzene ring substituents is 1. The van der Waals surface area contributed by atoms with Crippen LogP contribution in [0.1, 0.15) is 17.0 Å². The van der Waals surface area contributed by atoms with Crippen LogP contribution in [-0.4, -0.2) is 35.7 Å². The Morgan fingerprint density at radius 1 is 1.41 bits per heavy atom. The second-order valence-corrected chi connectivity index (χ2v) is 5.86. The predicted octanol–water partition coefficient (Wildman–Crippen LogP) is 2.67. The van der Waals surface area contributed by atoms with Gasteiger partial charge in [0, 0.05) is 37.2 Å². The lowest BCUT2D eigenvalue weighted by Gasteiger charge is -2.09. The summed E-state index contributed by atoms with van der Waals surface area (Å²) < 4.78 is 6.71. The van der Waals surface area contributed by atoms with Gasteiger partial charge in [-0.15, -0.1) is 0 Å². The van der Waals surface area contributed by atoms with Crippen molar-refractivity contribution in [3.63, 3.8) is 0 Å². The molecule has 1 aromatic carbocycles. The third-order valence-corrected chi connectivity index (χ3v) is 4.03. The van der Waals surface area contributed by atoms with E-state index in [4.69, 9.17) is 4.74 Å². The minimum Gasteiger partial charge on any atom is -0.383 e. The Morgan fingerprint density at radius 2 is 2.15 bits per heavy atom. The molecule has 1 heterocycles. The average molecular weight is 368 g/mol. The number of hydrogen-bond acceptors (Lipinski definition) is 5. The number of nitrogens with one attached hydrogen (secondary N) is 1. The Kier molecular flexibility index (Phi) is 6.46. The van der Waals surface area contributed by atoms with Gasteiger partial charge >= 0.3 is 0 Å². The van der Waals surface area contributed by atoms with Crippen molar-refractivity contribution in [3.8, 4) is 11.8 Å². The molecule has 0 saturated heterocycles. The normalized spacial score (nSPS) is 11.1. The van der Waals surface area contributed by atoms with E-state index in [1.165, 1.54) is 25.3 Å². The second kappa shape index (κ2) is 8.78. The number of ether oxygens (including phenoxy) is 1. The van der Waals surface area contributed by atoms with Crippen LogP contribution in [0.15, 0.2) is 35.9 Å². The first-order valence-corrected chi connectivity index (χ1v) is 8.21. The van der Waals surface area contributed by atoms with E-state index in [0.717, 1.165) is 11.4 Å². The first kappa shape index (κ1) is 19.9. The fourth-order valence-electron chi connectivity index (χ4n) is 2.74. The first-order valence-electron chi connectivity index (χ1n) is 8.21. The van der Waals surface area contributed by atoms with Gasteiger partial charge < -0.3 is 14.6 Å². The number of hydrogen-bond donors (Lipinski definition) is 1. The zero-order valence-corrected chi connectivity index (χ0v) is 15.4. The Bertz CT molecular complexity index is 938. The molecule has 0 fully saturated rings. The number of nitrogens with zero attached hydrogens (tertiary/aromatic N) is 3. The number of aryl methyl sites for hydroxylation is 1. The molecule has 0 aliphatic rings. The largest absolute Gasteiger partial charge is 0.383 e. The summed E-state index contributed by atoms with van der Waals surface area (Å²) in [6.07, 6.45) is 1.51. The van der Waals surface area contributed by atoms with Gasteiger partial charge in [0.2, 0.25) is 0 Å². The minimum atomic E-state index is -0.477. The molecule has 8 nitrogen and oxygen atoms in total. The van der Waals surface area contributed by atoms with Gasteiger partial charge in [-0.05, 0) is 37.6 Å². The van der Waals surface area contributed by atoms with E-state index in [2.05, 4.69) is 5.32 Å². The summed E-state index contributed by atoms with van der Waals surface area (Å²) in [6.45, 7) is 4.34. The molecule has 140 valence electrons. The topological polar surface area (TPSA) is 110 Å². The highest BCUT2D eigenvalue weighted by Crippen LogP contribution is 2.25. The van der Waals surface area contributed by atoms with E-state index < -0.39 is 10.8 Å². The highest BCUT2D eigenvalue weighted by Gasteiger charge is 2.15. The second-order valence-electron chi connectivity index (χ2n) is 5.86. The summed E-state index contributed by atoms with van der Waals surface area (Å²) in [4.78, 5) is 22.7. The van der Waals surface area contributed by atoms with E-state index in [1.807, 2.05) is 30.6 Å². The van der Waals surface area contributed by atoms with Crippen molar-refractivity contribution in [2.24, 2.45) is 0 Å². The number of methoxy groups -OCH3 is 1. The molecule has 0 radical (unpaired) electrons. The van der Waals surface area contributed by atoms with Crippen LogP contribution in [-0.2, 0) is 9.53 Å². The molecule has 1 N–H and O–H groups in total. The van der Waals surface area contributed by atoms with Gasteiger partial charge in [-0.25, -0.2) is 0 Å². The molecule has 2 aromatic rings. The van der Waals surface area contributed by atoms with Crippen molar-refractivity contribution in [1.82, 2.24) is 9.88 Å². The van der Waals surface area contributed by atoms with Crippen LogP contribution in [0.3, 0.4) is 0 Å². The Morgan fingerprint density at radius 3 is 2.78 bits per heavy atom. The van der Waals surface area contributed by atoms with Crippen molar-refractivity contribution in [1.29, 1.82) is 5.26 Å². The van der Waals surface area contributed by atoms with E-state index in [0.29, 0.717) is 24.4 Å². The van der Waals surface area contributed by atoms with Crippen LogP contribution in [0.2, 0.25) is 0 Å². The first-order chi connectivity index (χ1) is 12.9. The molecule has 8 heteroatoms. The van der Waals surface area contributed by atoms with E-state index in [-0.39, 0.29) is 11.3 Å². The SMILES string of the molecule is COCCNC(=O)/C(C#N)=C/c1cc(C)n(-c2cccc([N+](=O)[O-])c2)c1C. The molecule has 1 amide bonds. The lowest BCUT2D eigenvalue weighted by atomic mass is 10.1. The smallest absolute Gasteiger partial charge is 0.271 e. The van der Waals surface area contributed by atoms with Crippen molar-refractivity contribution in [3.05, 3.63) is 63.0 Å². The molecule has 0 bridgehead atoms. The molecule has 0 aliphatic carbocycles. The maximum Gasteiger partial charge on any atom is 0.271 e. The molecule has 27 heavy (non-hydrogen) atoms. The van der Waals surface area contributed by atoms with E-state index >= 15 is 0 Å². The zero-order valence-electron chi connectivity index (χ0n) is 15.4. The van der Waals surface area contributed by atoms with Crippen LogP contribution in [0, 0.1) is 35.3 Å². The van der Waals surface area contributed by atoms with E-state index in [9.17, 15) is 20.2 Å². The lowest BCUT2D eigenvalue weighted by molar-refractivity contribution is -0.384. The number of nitriles is 1. The summed E-state index contributed by atoms with van der Waals surface area (Å²) in [5, 5.41) is 22.9. The van der Waals surface area contributed by atoms with Crippen LogP contribution >= 0.6 is 0 Å². The average Bonchev–Trinajstić information content (AvgIpc) is 2.93. The molecular formula is C19H20N4O4. The summed E-state index contributed by atoms with van der Waals surface area (Å²) >= 11 is 0. The van der Waals surface area contributed by atoms with Crippen LogP contribution in [0.4, 0.5) is 5.69 Å². The van der Waals surface area contributed by atoms with Crippen molar-refractivity contribution in [2.75, 3.05) is 20.3 Å². The van der Waals surface area contributed by atoms with E-state index in [1.54, 1.807) is 12.1 Å². The summed E-state index contributed by atoms with van der Waals surface area (Å²) in [7, 11) is 1.52. The number of carbonyl (C=O) groups is 1. The number of nitro groups is 1. The molecule has 0 saturated carbocycles. The maximum absolute atomic E-state index is 12.1. The molecule has 0 aliphatic heterocycles. The molecule has 1 aromatic heterocycles. The Labute approximate surface area is 156 Å². The molecule has 0 atom stereocenters. The highest BCUT2D eigenvalue weighted by molar-refractivity contribution is 6.01. The third kappa shape index (κ3) is 4.59. The van der Waals surface area contributed by atoms with Gasteiger partial charge in [-0.3, -0.25) is 14.9 Å². The number of rotatable bonds is 7. The van der Waals surface area contributed by atoms with Crippen LogP contribution in [0.5, 0.6) is 0 Å². The number of carbonyl (C=O) groups excluding carboxylic acids is 1. The number of non-ortho nitro benzene ring substituents is 1. The number of amides is 1. The van der Waals surface area contributed by atoms with Gasteiger partial charge in [0.05, 0.1) is 17.2 Å². The van der Waals surface area contributed by atoms with Crippen molar-refractivity contribution < 1.29 is 14.5 Å². The number of aromatic nitrogens is 1. The summed E-state index contributed by atoms with van der Waals surface area (Å²) in [5.41, 5.74) is 2.90. The summed E-state index contributed by atoms with van der Waals surface area (Å²) in [5.74, 6) is -0.477. The molecule has 0 spiro atoms. The van der Waals surface area contributed by atoms with Gasteiger partial charge in [0.1, 0.15) is 11.6 Å². The Balaban J connectivity index is 2.40. The number of benzene rings is 1. The fourth-order valence-corrected chi connectivity index (χ4v) is 2.74. The highest BCUT2D eigenvalue weighted by atomic mass is 16.6. The Hall–Kier alpha value is -3.44. The van der Waals surface area contributed by atoms with Crippen LogP contribution in [0.25, 0.3) is 11.8 Å². The third-order valence-electron chi connectivity index (χ3n) is 4.03. The molecule has 2 rings (SSSR count). The van der Waals surface area contributed by atoms with Crippen molar-refractivity contribution >= 4 is 17.7 Å². The van der Waals surface area contributed by atoms with Crippen LogP contribution < -0.4 is 5.32 Å². The quantitative estimate of drug-likeness (QED) is 0.266. The van der Waals surface area contributed by atoms with Crippen molar-refractivity contribution in [2.45, 2.75) is 13.8 Å². The van der Waals surface area contributed by atoms with Gasteiger partial charge in [-0.2, -0.15) is 5.26 Å². The van der Waals surface area contributed by atoms with Gasteiger partial charge in [-0.1, -0.05) is 6.07 Å². The maximum atomic E-state index is 12.1. The predicted molar refractivity (Wildman–Crippen MR) is 100 cm³/mol. The molecule has 0 unspecified atom stereocenters. The lowest BCUT2D eigenvalue weighted by Crippen LogP contribution is -2.27. The molecular weight excluding hydrogens is 348 g/mol. The fraction of sp³-hybridized carbons (Fsp3) is 0.263. The zero-order chi connectivity index (χ0) is 20.0. The van der Waals surface area contributed by atoms with Gasteiger partial charge in [0.15, 0.2) is 0 Å². The summed E-state index contributed by atoms with van der Waals surface area (Å²) in [6, 6.07) is 10.0. The standard InChI is InChI=1S/C19H20N4O4/c1-13-9-15(10-16(12-20)19(24)21-7-8-27-3)14(2)22(13)17-5-4-6-18(11-17)23(25)26/h4-6,9-11H,7-8H2,1-3H3,(H,21,24)/b16-10+. The minimum absolute atomic E-state index is 0.00710. The van der Waals surface area contributed by atoms with Gasteiger partial charge in [0.25, 0.3) is 11.6 Å². The monoisotopic (exact) mass is 368 g/mol.